The van der Waals surface area contributed by atoms with Crippen molar-refractivity contribution in [3.63, 3.8) is 0 Å². The molecule has 5 rings (SSSR count). The summed E-state index contributed by atoms with van der Waals surface area (Å²) in [5, 5.41) is 0. The van der Waals surface area contributed by atoms with Crippen LogP contribution in [0.5, 0.6) is 0 Å². The van der Waals surface area contributed by atoms with Crippen LogP contribution in [0.3, 0.4) is 0 Å². The molecule has 2 saturated heterocycles. The van der Waals surface area contributed by atoms with Crippen molar-refractivity contribution in [1.29, 1.82) is 0 Å². The van der Waals surface area contributed by atoms with E-state index in [0.717, 1.165) is 17.8 Å². The van der Waals surface area contributed by atoms with Gasteiger partial charge in [0.05, 0.1) is 0 Å². The summed E-state index contributed by atoms with van der Waals surface area (Å²) in [6.07, 6.45) is 9.94. The van der Waals surface area contributed by atoms with Crippen LogP contribution < -0.4 is 0 Å². The van der Waals surface area contributed by atoms with Gasteiger partial charge in [-0.2, -0.15) is 0 Å². The molecule has 0 amide bonds. The molecule has 2 atom stereocenters. The molecule has 0 bridgehead atoms. The molecule has 3 aliphatic rings. The lowest BCUT2D eigenvalue weighted by atomic mass is 9.85. The fourth-order valence-electron chi connectivity index (χ4n) is 6.91. The summed E-state index contributed by atoms with van der Waals surface area (Å²) >= 11 is 0. The van der Waals surface area contributed by atoms with Gasteiger partial charge in [-0.1, -0.05) is 73.9 Å². The fourth-order valence-corrected chi connectivity index (χ4v) is 6.91. The lowest BCUT2D eigenvalue weighted by Crippen LogP contribution is -2.38. The van der Waals surface area contributed by atoms with Crippen LogP contribution in [-0.2, 0) is 0 Å². The van der Waals surface area contributed by atoms with Crippen LogP contribution in [0.4, 0.5) is 0 Å². The number of piperidine rings is 1. The maximum Gasteiger partial charge on any atom is 0.00542 e. The average Bonchev–Trinajstić information content (AvgIpc) is 3.23. The van der Waals surface area contributed by atoms with Crippen LogP contribution in [0.1, 0.15) is 73.5 Å². The predicted molar refractivity (Wildman–Crippen MR) is 135 cm³/mol. The molecule has 0 unspecified atom stereocenters. The lowest BCUT2D eigenvalue weighted by molar-refractivity contribution is 0.173. The van der Waals surface area contributed by atoms with E-state index in [1.807, 2.05) is 0 Å². The zero-order valence-electron chi connectivity index (χ0n) is 20.1. The molecule has 1 aliphatic carbocycles. The molecular weight excluding hydrogens is 388 g/mol. The Hall–Kier alpha value is -1.64. The Morgan fingerprint density at radius 3 is 2.19 bits per heavy atom. The first-order valence-corrected chi connectivity index (χ1v) is 13.3. The third-order valence-corrected chi connectivity index (χ3v) is 8.69. The highest BCUT2D eigenvalue weighted by molar-refractivity contribution is 5.29. The monoisotopic (exact) mass is 430 g/mol. The van der Waals surface area contributed by atoms with Crippen LogP contribution in [0.2, 0.25) is 0 Å². The number of hydrogen-bond acceptors (Lipinski definition) is 2. The zero-order chi connectivity index (χ0) is 21.8. The molecule has 2 aromatic rings. The number of aryl methyl sites for hydroxylation is 1. The number of nitrogens with zero attached hydrogens (tertiary/aromatic N) is 2. The van der Waals surface area contributed by atoms with Crippen molar-refractivity contribution in [2.75, 3.05) is 39.3 Å². The molecule has 32 heavy (non-hydrogen) atoms. The summed E-state index contributed by atoms with van der Waals surface area (Å²) in [6, 6.07) is 20.5. The largest absolute Gasteiger partial charge is 0.303 e. The van der Waals surface area contributed by atoms with Gasteiger partial charge in [-0.25, -0.2) is 0 Å². The Morgan fingerprint density at radius 1 is 0.719 bits per heavy atom. The molecule has 0 spiro atoms. The topological polar surface area (TPSA) is 6.48 Å². The third kappa shape index (κ3) is 5.29. The number of benzene rings is 2. The van der Waals surface area contributed by atoms with Gasteiger partial charge in [0.15, 0.2) is 0 Å². The highest BCUT2D eigenvalue weighted by atomic mass is 15.2. The van der Waals surface area contributed by atoms with E-state index in [9.17, 15) is 0 Å². The molecule has 2 heterocycles. The first kappa shape index (κ1) is 22.2. The molecule has 3 fully saturated rings. The van der Waals surface area contributed by atoms with Gasteiger partial charge in [0.25, 0.3) is 0 Å². The van der Waals surface area contributed by atoms with E-state index in [1.54, 1.807) is 11.1 Å². The highest BCUT2D eigenvalue weighted by Crippen LogP contribution is 2.37. The van der Waals surface area contributed by atoms with E-state index < -0.39 is 0 Å². The number of rotatable bonds is 6. The average molecular weight is 431 g/mol. The Balaban J connectivity index is 1.21. The van der Waals surface area contributed by atoms with Gasteiger partial charge >= 0.3 is 0 Å². The summed E-state index contributed by atoms with van der Waals surface area (Å²) in [7, 11) is 0. The fraction of sp³-hybridized carbons (Fsp3) is 0.600. The lowest BCUT2D eigenvalue weighted by Gasteiger charge is -2.35. The van der Waals surface area contributed by atoms with Gasteiger partial charge in [0, 0.05) is 32.1 Å². The molecule has 2 nitrogen and oxygen atoms in total. The SMILES string of the molecule is Cc1ccccc1C1CCN(C[C@H]2CN(CC3CCCCC3)C[C@@H]2c2ccccc2)CC1. The first-order valence-electron chi connectivity index (χ1n) is 13.3. The standard InChI is InChI=1S/C30H42N2/c1-24-10-8-9-15-29(24)27-16-18-31(19-17-27)21-28-22-32(20-25-11-4-2-5-12-25)23-30(28)26-13-6-3-7-14-26/h3,6-10,13-15,25,27-28,30H,2,4-5,11-12,16-23H2,1H3/t28-,30+/m0/s1. The molecule has 0 radical (unpaired) electrons. The van der Waals surface area contributed by atoms with Crippen LogP contribution in [0.25, 0.3) is 0 Å². The van der Waals surface area contributed by atoms with Crippen molar-refractivity contribution in [2.24, 2.45) is 11.8 Å². The maximum atomic E-state index is 2.83. The van der Waals surface area contributed by atoms with Crippen LogP contribution in [-0.4, -0.2) is 49.1 Å². The van der Waals surface area contributed by atoms with E-state index >= 15 is 0 Å². The van der Waals surface area contributed by atoms with Crippen molar-refractivity contribution in [2.45, 2.75) is 63.7 Å². The first-order chi connectivity index (χ1) is 15.8. The summed E-state index contributed by atoms with van der Waals surface area (Å²) in [5.74, 6) is 3.18. The zero-order valence-corrected chi connectivity index (χ0v) is 20.1. The van der Waals surface area contributed by atoms with Crippen molar-refractivity contribution < 1.29 is 0 Å². The minimum Gasteiger partial charge on any atom is -0.303 e. The summed E-state index contributed by atoms with van der Waals surface area (Å²) in [4.78, 5) is 5.62. The van der Waals surface area contributed by atoms with Crippen LogP contribution >= 0.6 is 0 Å². The minimum atomic E-state index is 0.703. The number of hydrogen-bond donors (Lipinski definition) is 0. The van der Waals surface area contributed by atoms with Gasteiger partial charge in [-0.3, -0.25) is 0 Å². The van der Waals surface area contributed by atoms with Crippen molar-refractivity contribution in [3.8, 4) is 0 Å². The Bertz CT molecular complexity index is 833. The smallest absolute Gasteiger partial charge is 0.00542 e. The van der Waals surface area contributed by atoms with E-state index in [4.69, 9.17) is 0 Å². The van der Waals surface area contributed by atoms with Crippen molar-refractivity contribution in [1.82, 2.24) is 9.80 Å². The van der Waals surface area contributed by atoms with Gasteiger partial charge in [0.1, 0.15) is 0 Å². The van der Waals surface area contributed by atoms with Gasteiger partial charge in [0.2, 0.25) is 0 Å². The van der Waals surface area contributed by atoms with E-state index in [2.05, 4.69) is 71.3 Å². The molecule has 0 aromatic heterocycles. The molecule has 1 saturated carbocycles. The van der Waals surface area contributed by atoms with Crippen LogP contribution in [0, 0.1) is 18.8 Å². The summed E-state index contributed by atoms with van der Waals surface area (Å²) < 4.78 is 0. The maximum absolute atomic E-state index is 2.83. The van der Waals surface area contributed by atoms with E-state index in [-0.39, 0.29) is 0 Å². The quantitative estimate of drug-likeness (QED) is 0.518. The highest BCUT2D eigenvalue weighted by Gasteiger charge is 2.36. The van der Waals surface area contributed by atoms with Gasteiger partial charge in [-0.15, -0.1) is 0 Å². The Morgan fingerprint density at radius 2 is 1.44 bits per heavy atom. The Labute approximate surface area is 196 Å². The number of likely N-dealkylation sites (tertiary alicyclic amines) is 2. The molecule has 2 aromatic carbocycles. The second-order valence-electron chi connectivity index (χ2n) is 10.9. The molecule has 2 heteroatoms. The van der Waals surface area contributed by atoms with E-state index in [1.165, 1.54) is 89.8 Å². The second kappa shape index (κ2) is 10.5. The van der Waals surface area contributed by atoms with Crippen LogP contribution in [0.15, 0.2) is 54.6 Å². The molecule has 0 N–H and O–H groups in total. The molecular formula is C30H42N2. The predicted octanol–water partition coefficient (Wildman–Crippen LogP) is 6.47. The summed E-state index contributed by atoms with van der Waals surface area (Å²) in [5.41, 5.74) is 4.64. The third-order valence-electron chi connectivity index (χ3n) is 8.69. The minimum absolute atomic E-state index is 0.703. The second-order valence-corrected chi connectivity index (χ2v) is 10.9. The van der Waals surface area contributed by atoms with Gasteiger partial charge < -0.3 is 9.80 Å². The van der Waals surface area contributed by atoms with E-state index in [0.29, 0.717) is 5.92 Å². The van der Waals surface area contributed by atoms with Crippen molar-refractivity contribution >= 4 is 0 Å². The van der Waals surface area contributed by atoms with Crippen molar-refractivity contribution in [3.05, 3.63) is 71.3 Å². The summed E-state index contributed by atoms with van der Waals surface area (Å²) in [6.45, 7) is 10.00. The van der Waals surface area contributed by atoms with Gasteiger partial charge in [-0.05, 0) is 80.1 Å². The normalized spacial score (nSPS) is 26.5. The molecule has 2 aliphatic heterocycles. The Kier molecular flexibility index (Phi) is 7.29. The molecule has 172 valence electrons.